The van der Waals surface area contributed by atoms with Gasteiger partial charge in [-0.05, 0) is 85.9 Å². The van der Waals surface area contributed by atoms with Gasteiger partial charge in [0.1, 0.15) is 11.9 Å². The average molecular weight is 624 g/mol. The Labute approximate surface area is 264 Å². The van der Waals surface area contributed by atoms with E-state index in [1.165, 1.54) is 23.1 Å². The van der Waals surface area contributed by atoms with E-state index in [9.17, 15) is 14.3 Å². The highest BCUT2D eigenvalue weighted by Crippen LogP contribution is 2.40. The molecule has 0 bridgehead atoms. The number of halogens is 2. The van der Waals surface area contributed by atoms with E-state index >= 15 is 0 Å². The Morgan fingerprint density at radius 3 is 2.58 bits per heavy atom. The number of carboxylic acid groups (broad SMARTS) is 1. The molecule has 1 aromatic heterocycles. The van der Waals surface area contributed by atoms with Gasteiger partial charge in [-0.3, -0.25) is 9.69 Å². The molecule has 1 N–H and O–H groups in total. The molecule has 0 spiro atoms. The van der Waals surface area contributed by atoms with Gasteiger partial charge in [-0.1, -0.05) is 68.1 Å². The highest BCUT2D eigenvalue weighted by Gasteiger charge is 2.41. The van der Waals surface area contributed by atoms with Crippen LogP contribution in [0.15, 0.2) is 48.5 Å². The Balaban J connectivity index is 1.12. The minimum absolute atomic E-state index is 0.136. The number of aryl methyl sites for hydroxylation is 1. The predicted octanol–water partition coefficient (Wildman–Crippen LogP) is 7.63. The first-order valence-corrected chi connectivity index (χ1v) is 17.2. The van der Waals surface area contributed by atoms with E-state index in [0.717, 1.165) is 92.3 Å². The maximum absolute atomic E-state index is 14.3. The van der Waals surface area contributed by atoms with E-state index in [2.05, 4.69) is 22.8 Å². The van der Waals surface area contributed by atoms with Crippen LogP contribution in [0.3, 0.4) is 0 Å². The summed E-state index contributed by atoms with van der Waals surface area (Å²) in [6.07, 6.45) is 8.14. The zero-order valence-corrected chi connectivity index (χ0v) is 26.6. The fourth-order valence-corrected chi connectivity index (χ4v) is 9.04. The van der Waals surface area contributed by atoms with Gasteiger partial charge in [-0.25, -0.2) is 9.37 Å². The average Bonchev–Trinajstić information content (AvgIpc) is 3.58. The van der Waals surface area contributed by atoms with Crippen LogP contribution in [-0.4, -0.2) is 64.6 Å². The first-order chi connectivity index (χ1) is 20.9. The van der Waals surface area contributed by atoms with Crippen LogP contribution in [0.2, 0.25) is 5.02 Å². The van der Waals surface area contributed by atoms with E-state index in [0.29, 0.717) is 18.4 Å². The number of thiazole rings is 1. The maximum Gasteiger partial charge on any atom is 0.320 e. The summed E-state index contributed by atoms with van der Waals surface area (Å²) >= 11 is 8.30. The Kier molecular flexibility index (Phi) is 9.82. The van der Waals surface area contributed by atoms with Crippen molar-refractivity contribution in [3.8, 4) is 0 Å². The Hall–Kier alpha value is -2.32. The molecule has 3 heterocycles. The molecule has 2 aliphatic heterocycles. The maximum atomic E-state index is 14.3. The molecule has 0 unspecified atom stereocenters. The number of aromatic nitrogens is 1. The summed E-state index contributed by atoms with van der Waals surface area (Å²) in [4.78, 5) is 23.6. The van der Waals surface area contributed by atoms with Gasteiger partial charge in [-0.15, -0.1) is 11.3 Å². The van der Waals surface area contributed by atoms with Crippen molar-refractivity contribution in [3.05, 3.63) is 86.1 Å². The van der Waals surface area contributed by atoms with E-state index in [4.69, 9.17) is 16.6 Å². The van der Waals surface area contributed by atoms with Crippen molar-refractivity contribution in [2.45, 2.75) is 76.2 Å². The molecule has 0 amide bonds. The third-order valence-corrected chi connectivity index (χ3v) is 11.7. The van der Waals surface area contributed by atoms with Crippen molar-refractivity contribution < 1.29 is 14.3 Å². The quantitative estimate of drug-likeness (QED) is 0.238. The molecule has 2 saturated heterocycles. The number of rotatable bonds is 11. The molecule has 3 aliphatic rings. The van der Waals surface area contributed by atoms with E-state index in [-0.39, 0.29) is 17.7 Å². The number of aliphatic carboxylic acids is 1. The Morgan fingerprint density at radius 2 is 1.91 bits per heavy atom. The van der Waals surface area contributed by atoms with E-state index in [1.807, 2.05) is 35.6 Å². The predicted molar refractivity (Wildman–Crippen MR) is 172 cm³/mol. The van der Waals surface area contributed by atoms with Gasteiger partial charge in [0.25, 0.3) is 0 Å². The molecule has 43 heavy (non-hydrogen) atoms. The van der Waals surface area contributed by atoms with Crippen molar-refractivity contribution in [3.63, 3.8) is 0 Å². The largest absolute Gasteiger partial charge is 0.480 e. The fraction of sp³-hybridized carbons (Fsp3) is 0.543. The number of benzene rings is 2. The molecular weight excluding hydrogens is 581 g/mol. The zero-order valence-electron chi connectivity index (χ0n) is 25.1. The summed E-state index contributed by atoms with van der Waals surface area (Å²) in [5.74, 6) is 0.524. The smallest absolute Gasteiger partial charge is 0.320 e. The fourth-order valence-electron chi connectivity index (χ4n) is 7.49. The number of carbonyl (C=O) groups is 1. The molecule has 3 aromatic rings. The van der Waals surface area contributed by atoms with E-state index < -0.39 is 12.0 Å². The Morgan fingerprint density at radius 1 is 1.12 bits per heavy atom. The van der Waals surface area contributed by atoms with E-state index in [1.54, 1.807) is 12.1 Å². The standard InChI is InChI=1S/C35H43ClFN3O2S/c1-2-31-34(43-33(38-31)19-26-9-3-4-12-30(26)36)24-13-15-39(16-14-24)20-27-21-40(32(35(41)42)17-23-7-5-8-23)22-29(27)25-10-6-11-28(37)18-25/h3-4,6,9-12,18,23-24,27,29,32H,2,5,7-8,13-17,19-22H2,1H3,(H,41,42)/t27-,29+,32+/m0/s1. The van der Waals surface area contributed by atoms with Crippen LogP contribution in [0.4, 0.5) is 4.39 Å². The lowest BCUT2D eigenvalue weighted by Gasteiger charge is -2.35. The normalized spacial score (nSPS) is 23.0. The van der Waals surface area contributed by atoms with Gasteiger partial charge < -0.3 is 10.0 Å². The summed E-state index contributed by atoms with van der Waals surface area (Å²) in [6.45, 7) is 6.58. The van der Waals surface area contributed by atoms with Gasteiger partial charge in [0, 0.05) is 41.9 Å². The number of carboxylic acids is 1. The van der Waals surface area contributed by atoms with Crippen LogP contribution in [0, 0.1) is 17.7 Å². The van der Waals surface area contributed by atoms with Crippen molar-refractivity contribution in [1.82, 2.24) is 14.8 Å². The van der Waals surface area contributed by atoms with Crippen LogP contribution in [0.5, 0.6) is 0 Å². The summed E-state index contributed by atoms with van der Waals surface area (Å²) in [5, 5.41) is 12.1. The van der Waals surface area contributed by atoms with Crippen LogP contribution in [-0.2, 0) is 17.6 Å². The topological polar surface area (TPSA) is 56.7 Å². The van der Waals surface area contributed by atoms with Crippen LogP contribution >= 0.6 is 22.9 Å². The molecule has 1 aliphatic carbocycles. The molecule has 0 radical (unpaired) electrons. The minimum atomic E-state index is -0.712. The van der Waals surface area contributed by atoms with Crippen LogP contribution < -0.4 is 0 Å². The van der Waals surface area contributed by atoms with Crippen LogP contribution in [0.25, 0.3) is 0 Å². The summed E-state index contributed by atoms with van der Waals surface area (Å²) in [7, 11) is 0. The highest BCUT2D eigenvalue weighted by atomic mass is 35.5. The van der Waals surface area contributed by atoms with Crippen molar-refractivity contribution in [2.75, 3.05) is 32.7 Å². The van der Waals surface area contributed by atoms with Crippen molar-refractivity contribution >= 4 is 28.9 Å². The zero-order chi connectivity index (χ0) is 29.9. The first kappa shape index (κ1) is 30.7. The minimum Gasteiger partial charge on any atom is -0.480 e. The third-order valence-electron chi connectivity index (χ3n) is 10.1. The number of nitrogens with zero attached hydrogens (tertiary/aromatic N) is 3. The monoisotopic (exact) mass is 623 g/mol. The molecule has 230 valence electrons. The molecule has 2 aromatic carbocycles. The molecule has 8 heteroatoms. The molecule has 5 nitrogen and oxygen atoms in total. The van der Waals surface area contributed by atoms with Gasteiger partial charge in [-0.2, -0.15) is 0 Å². The SMILES string of the molecule is CCc1nc(Cc2ccccc2Cl)sc1C1CCN(C[C@H]2CN([C@H](CC3CCC3)C(=O)O)C[C@@H]2c2cccc(F)c2)CC1. The summed E-state index contributed by atoms with van der Waals surface area (Å²) in [6, 6.07) is 14.5. The van der Waals surface area contributed by atoms with Crippen LogP contribution in [0.1, 0.15) is 84.0 Å². The molecule has 6 rings (SSSR count). The Bertz CT molecular complexity index is 1400. The number of piperidine rings is 1. The van der Waals surface area contributed by atoms with Crippen molar-refractivity contribution in [1.29, 1.82) is 0 Å². The molecular formula is C35H43ClFN3O2S. The lowest BCUT2D eigenvalue weighted by atomic mass is 9.80. The highest BCUT2D eigenvalue weighted by molar-refractivity contribution is 7.11. The van der Waals surface area contributed by atoms with Crippen molar-refractivity contribution in [2.24, 2.45) is 11.8 Å². The summed E-state index contributed by atoms with van der Waals surface area (Å²) < 4.78 is 14.3. The molecule has 3 atom stereocenters. The van der Waals surface area contributed by atoms with Gasteiger partial charge in [0.15, 0.2) is 0 Å². The lowest BCUT2D eigenvalue weighted by Crippen LogP contribution is -2.43. The summed E-state index contributed by atoms with van der Waals surface area (Å²) in [5.41, 5.74) is 3.35. The third kappa shape index (κ3) is 7.16. The van der Waals surface area contributed by atoms with Gasteiger partial charge >= 0.3 is 5.97 Å². The molecule has 3 fully saturated rings. The van der Waals surface area contributed by atoms with Gasteiger partial charge in [0.05, 0.1) is 10.7 Å². The number of likely N-dealkylation sites (tertiary alicyclic amines) is 2. The second kappa shape index (κ2) is 13.8. The lowest BCUT2D eigenvalue weighted by molar-refractivity contribution is -0.144. The van der Waals surface area contributed by atoms with Gasteiger partial charge in [0.2, 0.25) is 0 Å². The number of hydrogen-bond acceptors (Lipinski definition) is 5. The molecule has 1 saturated carbocycles. The first-order valence-electron chi connectivity index (χ1n) is 16.0. The second-order valence-electron chi connectivity index (χ2n) is 12.9. The second-order valence-corrected chi connectivity index (χ2v) is 14.4. The number of hydrogen-bond donors (Lipinski definition) is 1.